The van der Waals surface area contributed by atoms with E-state index in [0.29, 0.717) is 0 Å². The zero-order chi connectivity index (χ0) is 17.2. The molecule has 3 aromatic rings. The fourth-order valence-electron chi connectivity index (χ4n) is 3.42. The van der Waals surface area contributed by atoms with Gasteiger partial charge in [0.15, 0.2) is 0 Å². The minimum atomic E-state index is 0.177. The number of benzene rings is 2. The molecule has 0 spiro atoms. The molecule has 0 atom stereocenters. The fourth-order valence-corrected chi connectivity index (χ4v) is 4.45. The van der Waals surface area contributed by atoms with Crippen LogP contribution in [0.3, 0.4) is 0 Å². The van der Waals surface area contributed by atoms with Gasteiger partial charge in [0.2, 0.25) is 0 Å². The van der Waals surface area contributed by atoms with E-state index in [1.807, 2.05) is 23.1 Å². The van der Waals surface area contributed by atoms with Crippen molar-refractivity contribution < 1.29 is 4.79 Å². The number of nitrogens with zero attached hydrogens (tertiary/aromatic N) is 2. The summed E-state index contributed by atoms with van der Waals surface area (Å²) < 4.78 is 1.18. The number of rotatable bonds is 3. The second kappa shape index (κ2) is 6.98. The summed E-state index contributed by atoms with van der Waals surface area (Å²) in [5.74, 6) is 0.177. The molecule has 1 aromatic heterocycles. The van der Waals surface area contributed by atoms with Crippen LogP contribution in [0.4, 0.5) is 0 Å². The third-order valence-electron chi connectivity index (χ3n) is 4.78. The van der Waals surface area contributed by atoms with Crippen LogP contribution in [0.25, 0.3) is 10.1 Å². The first kappa shape index (κ1) is 16.3. The van der Waals surface area contributed by atoms with E-state index in [4.69, 9.17) is 0 Å². The van der Waals surface area contributed by atoms with Crippen LogP contribution in [0.5, 0.6) is 0 Å². The Morgan fingerprint density at radius 1 is 1.00 bits per heavy atom. The van der Waals surface area contributed by atoms with Crippen LogP contribution in [0.1, 0.15) is 20.8 Å². The number of aryl methyl sites for hydroxylation is 1. The van der Waals surface area contributed by atoms with Crippen molar-refractivity contribution in [1.82, 2.24) is 9.80 Å². The van der Waals surface area contributed by atoms with Crippen molar-refractivity contribution in [3.8, 4) is 0 Å². The Kier molecular flexibility index (Phi) is 4.55. The molecular formula is C21H22N2OS. The maximum Gasteiger partial charge on any atom is 0.264 e. The number of piperazine rings is 1. The number of hydrogen-bond donors (Lipinski definition) is 0. The molecule has 4 heteroatoms. The molecule has 0 bridgehead atoms. The normalized spacial score (nSPS) is 15.6. The first-order valence-corrected chi connectivity index (χ1v) is 9.56. The minimum absolute atomic E-state index is 0.177. The largest absolute Gasteiger partial charge is 0.335 e. The molecule has 1 fully saturated rings. The molecule has 2 heterocycles. The van der Waals surface area contributed by atoms with Gasteiger partial charge in [-0.2, -0.15) is 0 Å². The Morgan fingerprint density at radius 2 is 1.80 bits per heavy atom. The van der Waals surface area contributed by atoms with Crippen LogP contribution < -0.4 is 0 Å². The molecule has 1 saturated heterocycles. The summed E-state index contributed by atoms with van der Waals surface area (Å²) in [7, 11) is 0. The number of thiophene rings is 1. The monoisotopic (exact) mass is 350 g/mol. The lowest BCUT2D eigenvalue weighted by Crippen LogP contribution is -2.48. The predicted molar refractivity (Wildman–Crippen MR) is 104 cm³/mol. The van der Waals surface area contributed by atoms with Crippen LogP contribution in [0.15, 0.2) is 54.6 Å². The van der Waals surface area contributed by atoms with Gasteiger partial charge >= 0.3 is 0 Å². The quantitative estimate of drug-likeness (QED) is 0.708. The molecular weight excluding hydrogens is 328 g/mol. The molecule has 0 unspecified atom stereocenters. The van der Waals surface area contributed by atoms with Gasteiger partial charge in [-0.05, 0) is 30.0 Å². The van der Waals surface area contributed by atoms with E-state index in [0.717, 1.165) is 43.0 Å². The molecule has 1 aliphatic rings. The molecule has 0 saturated carbocycles. The first-order chi connectivity index (χ1) is 12.2. The van der Waals surface area contributed by atoms with Crippen molar-refractivity contribution in [2.75, 3.05) is 26.2 Å². The summed E-state index contributed by atoms with van der Waals surface area (Å²) in [6, 6.07) is 18.9. The molecule has 4 rings (SSSR count). The maximum atomic E-state index is 12.8. The summed E-state index contributed by atoms with van der Waals surface area (Å²) in [5, 5.41) is 1.16. The zero-order valence-corrected chi connectivity index (χ0v) is 15.3. The van der Waals surface area contributed by atoms with Crippen LogP contribution >= 0.6 is 11.3 Å². The van der Waals surface area contributed by atoms with Crippen LogP contribution in [0, 0.1) is 6.92 Å². The van der Waals surface area contributed by atoms with E-state index in [-0.39, 0.29) is 5.91 Å². The number of fused-ring (bicyclic) bond motifs is 1. The van der Waals surface area contributed by atoms with Crippen molar-refractivity contribution in [3.63, 3.8) is 0 Å². The summed E-state index contributed by atoms with van der Waals surface area (Å²) in [6.07, 6.45) is 0. The summed E-state index contributed by atoms with van der Waals surface area (Å²) in [5.41, 5.74) is 2.65. The summed E-state index contributed by atoms with van der Waals surface area (Å²) in [4.78, 5) is 18.1. The molecule has 3 nitrogen and oxygen atoms in total. The van der Waals surface area contributed by atoms with Crippen molar-refractivity contribution in [2.24, 2.45) is 0 Å². The van der Waals surface area contributed by atoms with Crippen molar-refractivity contribution in [2.45, 2.75) is 13.5 Å². The average Bonchev–Trinajstić information content (AvgIpc) is 3.06. The number of carbonyl (C=O) groups excluding carboxylic acids is 1. The molecule has 0 aliphatic carbocycles. The van der Waals surface area contributed by atoms with E-state index >= 15 is 0 Å². The average molecular weight is 350 g/mol. The Bertz CT molecular complexity index is 861. The predicted octanol–water partition coefficient (Wildman–Crippen LogP) is 4.17. The van der Waals surface area contributed by atoms with Gasteiger partial charge in [0, 0.05) is 37.4 Å². The maximum absolute atomic E-state index is 12.8. The molecule has 25 heavy (non-hydrogen) atoms. The van der Waals surface area contributed by atoms with E-state index in [1.165, 1.54) is 15.8 Å². The van der Waals surface area contributed by atoms with Gasteiger partial charge in [-0.3, -0.25) is 9.69 Å². The second-order valence-electron chi connectivity index (χ2n) is 6.71. The molecule has 0 radical (unpaired) electrons. The van der Waals surface area contributed by atoms with Crippen molar-refractivity contribution in [3.05, 3.63) is 70.6 Å². The van der Waals surface area contributed by atoms with Crippen LogP contribution in [0.2, 0.25) is 0 Å². The van der Waals surface area contributed by atoms with Gasteiger partial charge in [0.1, 0.15) is 0 Å². The first-order valence-electron chi connectivity index (χ1n) is 8.75. The van der Waals surface area contributed by atoms with Gasteiger partial charge in [-0.1, -0.05) is 48.0 Å². The second-order valence-corrected chi connectivity index (χ2v) is 7.79. The summed E-state index contributed by atoms with van der Waals surface area (Å²) >= 11 is 1.60. The fraction of sp³-hybridized carbons (Fsp3) is 0.286. The third kappa shape index (κ3) is 3.60. The topological polar surface area (TPSA) is 23.6 Å². The van der Waals surface area contributed by atoms with Crippen molar-refractivity contribution >= 4 is 27.3 Å². The van der Waals surface area contributed by atoms with Gasteiger partial charge in [-0.15, -0.1) is 11.3 Å². The molecule has 0 N–H and O–H groups in total. The highest BCUT2D eigenvalue weighted by molar-refractivity contribution is 7.20. The highest BCUT2D eigenvalue weighted by Crippen LogP contribution is 2.26. The molecule has 1 amide bonds. The van der Waals surface area contributed by atoms with Gasteiger partial charge in [0.05, 0.1) is 4.88 Å². The standard InChI is InChI=1S/C21H22N2OS/c1-16-5-4-6-17(13-16)15-22-9-11-23(12-10-22)21(24)20-14-18-7-2-3-8-19(18)25-20/h2-8,13-14H,9-12,15H2,1H3. The smallest absolute Gasteiger partial charge is 0.264 e. The van der Waals surface area contributed by atoms with Crippen molar-refractivity contribution in [1.29, 1.82) is 0 Å². The van der Waals surface area contributed by atoms with Crippen LogP contribution in [-0.4, -0.2) is 41.9 Å². The number of hydrogen-bond acceptors (Lipinski definition) is 3. The molecule has 2 aromatic carbocycles. The van der Waals surface area contributed by atoms with E-state index < -0.39 is 0 Å². The number of carbonyl (C=O) groups is 1. The van der Waals surface area contributed by atoms with E-state index in [1.54, 1.807) is 11.3 Å². The molecule has 128 valence electrons. The molecule has 1 aliphatic heterocycles. The zero-order valence-electron chi connectivity index (χ0n) is 14.4. The van der Waals surface area contributed by atoms with Gasteiger partial charge in [0.25, 0.3) is 5.91 Å². The Hall–Kier alpha value is -2.17. The Labute approximate surface area is 152 Å². The highest BCUT2D eigenvalue weighted by atomic mass is 32.1. The Balaban J connectivity index is 1.38. The summed E-state index contributed by atoms with van der Waals surface area (Å²) in [6.45, 7) is 6.57. The van der Waals surface area contributed by atoms with Gasteiger partial charge < -0.3 is 4.90 Å². The highest BCUT2D eigenvalue weighted by Gasteiger charge is 2.23. The lowest BCUT2D eigenvalue weighted by Gasteiger charge is -2.34. The lowest BCUT2D eigenvalue weighted by atomic mass is 10.1. The lowest BCUT2D eigenvalue weighted by molar-refractivity contribution is 0.0633. The SMILES string of the molecule is Cc1cccc(CN2CCN(C(=O)c3cc4ccccc4s3)CC2)c1. The third-order valence-corrected chi connectivity index (χ3v) is 5.89. The van der Waals surface area contributed by atoms with Gasteiger partial charge in [-0.25, -0.2) is 0 Å². The minimum Gasteiger partial charge on any atom is -0.335 e. The number of amides is 1. The van der Waals surface area contributed by atoms with E-state index in [2.05, 4.69) is 48.2 Å². The van der Waals surface area contributed by atoms with Crippen LogP contribution in [-0.2, 0) is 6.54 Å². The van der Waals surface area contributed by atoms with E-state index in [9.17, 15) is 4.79 Å². The Morgan fingerprint density at radius 3 is 2.56 bits per heavy atom.